The van der Waals surface area contributed by atoms with Gasteiger partial charge in [-0.05, 0) is 70.3 Å². The molecule has 170 valence electrons. The molecule has 0 unspecified atom stereocenters. The minimum absolute atomic E-state index is 1.12. The van der Waals surface area contributed by atoms with Gasteiger partial charge in [-0.2, -0.15) is 0 Å². The molecule has 5 aromatic carbocycles. The van der Waals surface area contributed by atoms with E-state index in [4.69, 9.17) is 0 Å². The number of para-hydroxylation sites is 3. The molecule has 2 aliphatic heterocycles. The van der Waals surface area contributed by atoms with E-state index in [1.54, 1.807) is 0 Å². The van der Waals surface area contributed by atoms with Crippen LogP contribution < -0.4 is 10.2 Å². The van der Waals surface area contributed by atoms with Gasteiger partial charge in [-0.25, -0.2) is 0 Å². The van der Waals surface area contributed by atoms with Crippen molar-refractivity contribution in [3.63, 3.8) is 0 Å². The first-order chi connectivity index (χ1) is 17.8. The van der Waals surface area contributed by atoms with Crippen LogP contribution in [0, 0.1) is 0 Å². The normalized spacial score (nSPS) is 12.9. The lowest BCUT2D eigenvalue weighted by molar-refractivity contribution is 1.28. The second kappa shape index (κ2) is 8.44. The number of anilines is 5. The second-order valence-corrected chi connectivity index (χ2v) is 9.15. The Labute approximate surface area is 211 Å². The fourth-order valence-electron chi connectivity index (χ4n) is 5.24. The van der Waals surface area contributed by atoms with Crippen LogP contribution in [-0.2, 0) is 0 Å². The maximum atomic E-state index is 3.64. The van der Waals surface area contributed by atoms with Gasteiger partial charge in [0.1, 0.15) is 0 Å². The summed E-state index contributed by atoms with van der Waals surface area (Å²) in [4.78, 5) is 2.36. The van der Waals surface area contributed by atoms with E-state index in [0.717, 1.165) is 17.1 Å². The third-order valence-electron chi connectivity index (χ3n) is 6.98. The minimum atomic E-state index is 1.12. The molecule has 0 fully saturated rings. The van der Waals surface area contributed by atoms with Gasteiger partial charge in [-0.3, -0.25) is 0 Å². The first-order valence-electron chi connectivity index (χ1n) is 12.3. The molecule has 0 radical (unpaired) electrons. The lowest BCUT2D eigenvalue weighted by atomic mass is 9.95. The first kappa shape index (κ1) is 20.5. The van der Waals surface area contributed by atoms with Crippen molar-refractivity contribution in [2.45, 2.75) is 0 Å². The fourth-order valence-corrected chi connectivity index (χ4v) is 5.24. The number of hydrogen-bond donors (Lipinski definition) is 1. The van der Waals surface area contributed by atoms with Crippen LogP contribution in [0.15, 0.2) is 115 Å². The van der Waals surface area contributed by atoms with E-state index >= 15 is 0 Å². The molecule has 0 aliphatic carbocycles. The summed E-state index contributed by atoms with van der Waals surface area (Å²) < 4.78 is 0. The van der Waals surface area contributed by atoms with E-state index < -0.39 is 0 Å². The van der Waals surface area contributed by atoms with E-state index in [0.29, 0.717) is 0 Å². The zero-order valence-electron chi connectivity index (χ0n) is 19.7. The zero-order chi connectivity index (χ0) is 23.9. The van der Waals surface area contributed by atoms with Crippen LogP contribution in [0.25, 0.3) is 35.4 Å². The summed E-state index contributed by atoms with van der Waals surface area (Å²) >= 11 is 0. The summed E-state index contributed by atoms with van der Waals surface area (Å²) in [7, 11) is 0. The van der Waals surface area contributed by atoms with E-state index in [2.05, 4.69) is 150 Å². The Bertz CT molecular complexity index is 1660. The average molecular weight is 461 g/mol. The molecule has 2 aliphatic rings. The van der Waals surface area contributed by atoms with Crippen molar-refractivity contribution in [1.29, 1.82) is 0 Å². The number of benzene rings is 5. The van der Waals surface area contributed by atoms with Crippen LogP contribution in [0.1, 0.15) is 22.3 Å². The predicted octanol–water partition coefficient (Wildman–Crippen LogP) is 9.53. The Morgan fingerprint density at radius 3 is 2.08 bits per heavy atom. The summed E-state index contributed by atoms with van der Waals surface area (Å²) in [5.74, 6) is 0. The maximum absolute atomic E-state index is 3.64. The van der Waals surface area contributed by atoms with E-state index in [1.165, 1.54) is 44.8 Å². The van der Waals surface area contributed by atoms with Gasteiger partial charge in [0.05, 0.1) is 11.4 Å². The largest absolute Gasteiger partial charge is 0.355 e. The van der Waals surface area contributed by atoms with Crippen LogP contribution in [0.4, 0.5) is 28.4 Å². The highest BCUT2D eigenvalue weighted by Gasteiger charge is 2.21. The van der Waals surface area contributed by atoms with Gasteiger partial charge in [0.15, 0.2) is 0 Å². The SMILES string of the molecule is C1=Cc2c(cccc2-c2ccc3c(c2)C=Cc2ccccc2N3c2ccccc2)Nc2ccccc21. The Morgan fingerprint density at radius 1 is 0.472 bits per heavy atom. The van der Waals surface area contributed by atoms with Crippen molar-refractivity contribution >= 4 is 52.7 Å². The molecule has 36 heavy (non-hydrogen) atoms. The quantitative estimate of drug-likeness (QED) is 0.276. The summed E-state index contributed by atoms with van der Waals surface area (Å²) in [6.45, 7) is 0. The van der Waals surface area contributed by atoms with Gasteiger partial charge < -0.3 is 10.2 Å². The Hall–Kier alpha value is -4.82. The standard InChI is InChI=1S/C34H24N2/c1-2-11-28(12-3-1)36-33-16-7-5-10-25(33)17-18-27-23-26(20-22-34(27)36)29-13-8-15-32-30(29)21-19-24-9-4-6-14-31(24)35-32/h1-23,35H. The number of hydrogen-bond acceptors (Lipinski definition) is 2. The van der Waals surface area contributed by atoms with Gasteiger partial charge in [-0.15, -0.1) is 0 Å². The molecular formula is C34H24N2. The first-order valence-corrected chi connectivity index (χ1v) is 12.3. The fraction of sp³-hybridized carbons (Fsp3) is 0. The van der Waals surface area contributed by atoms with Crippen molar-refractivity contribution in [2.75, 3.05) is 10.2 Å². The highest BCUT2D eigenvalue weighted by atomic mass is 15.1. The molecule has 0 atom stereocenters. The molecule has 0 saturated carbocycles. The molecule has 2 heterocycles. The number of nitrogens with zero attached hydrogens (tertiary/aromatic N) is 1. The zero-order valence-corrected chi connectivity index (χ0v) is 19.7. The van der Waals surface area contributed by atoms with E-state index in [-0.39, 0.29) is 0 Å². The molecule has 0 aromatic heterocycles. The van der Waals surface area contributed by atoms with Crippen LogP contribution in [-0.4, -0.2) is 0 Å². The molecule has 0 spiro atoms. The van der Waals surface area contributed by atoms with Gasteiger partial charge in [0.25, 0.3) is 0 Å². The van der Waals surface area contributed by atoms with Crippen LogP contribution in [0.5, 0.6) is 0 Å². The molecule has 1 N–H and O–H groups in total. The Kier molecular flexibility index (Phi) is 4.82. The van der Waals surface area contributed by atoms with Crippen LogP contribution in [0.2, 0.25) is 0 Å². The summed E-state index contributed by atoms with van der Waals surface area (Å²) in [5, 5.41) is 3.64. The molecular weight excluding hydrogens is 436 g/mol. The van der Waals surface area contributed by atoms with Gasteiger partial charge in [0.2, 0.25) is 0 Å². The molecule has 2 heteroatoms. The molecule has 0 saturated heterocycles. The van der Waals surface area contributed by atoms with Crippen molar-refractivity contribution in [3.05, 3.63) is 138 Å². The monoisotopic (exact) mass is 460 g/mol. The lowest BCUT2D eigenvalue weighted by Crippen LogP contribution is -2.11. The van der Waals surface area contributed by atoms with Gasteiger partial charge in [-0.1, -0.05) is 97.1 Å². The van der Waals surface area contributed by atoms with Crippen molar-refractivity contribution in [2.24, 2.45) is 0 Å². The van der Waals surface area contributed by atoms with Crippen molar-refractivity contribution in [1.82, 2.24) is 0 Å². The highest BCUT2D eigenvalue weighted by molar-refractivity contribution is 5.97. The van der Waals surface area contributed by atoms with Gasteiger partial charge >= 0.3 is 0 Å². The Balaban J connectivity index is 1.38. The third-order valence-corrected chi connectivity index (χ3v) is 6.98. The predicted molar refractivity (Wildman–Crippen MR) is 154 cm³/mol. The molecule has 0 bridgehead atoms. The molecule has 7 rings (SSSR count). The van der Waals surface area contributed by atoms with Crippen LogP contribution in [0.3, 0.4) is 0 Å². The maximum Gasteiger partial charge on any atom is 0.0534 e. The van der Waals surface area contributed by atoms with Crippen molar-refractivity contribution in [3.8, 4) is 11.1 Å². The minimum Gasteiger partial charge on any atom is -0.355 e. The molecule has 5 aromatic rings. The number of fused-ring (bicyclic) bond motifs is 4. The summed E-state index contributed by atoms with van der Waals surface area (Å²) in [6, 6.07) is 40.9. The summed E-state index contributed by atoms with van der Waals surface area (Å²) in [5.41, 5.74) is 13.0. The van der Waals surface area contributed by atoms with E-state index in [1.807, 2.05) is 0 Å². The molecule has 2 nitrogen and oxygen atoms in total. The van der Waals surface area contributed by atoms with Crippen molar-refractivity contribution < 1.29 is 0 Å². The third kappa shape index (κ3) is 3.43. The average Bonchev–Trinajstić information content (AvgIpc) is 3.23. The summed E-state index contributed by atoms with van der Waals surface area (Å²) in [6.07, 6.45) is 8.91. The van der Waals surface area contributed by atoms with Crippen LogP contribution >= 0.6 is 0 Å². The smallest absolute Gasteiger partial charge is 0.0534 e. The molecule has 0 amide bonds. The number of rotatable bonds is 2. The topological polar surface area (TPSA) is 15.3 Å². The lowest BCUT2D eigenvalue weighted by Gasteiger charge is -2.27. The second-order valence-electron chi connectivity index (χ2n) is 9.15. The van der Waals surface area contributed by atoms with Gasteiger partial charge in [0, 0.05) is 22.6 Å². The Morgan fingerprint density at radius 2 is 1.17 bits per heavy atom. The van der Waals surface area contributed by atoms with E-state index in [9.17, 15) is 0 Å². The number of nitrogens with one attached hydrogen (secondary N) is 1. The highest BCUT2D eigenvalue weighted by Crippen LogP contribution is 2.44.